The SMILES string of the molecule is Cc1cc(CNC(=O)OC2CC(N3C(C)CC4CCC=NC43)C2)c(F)c2c1CN(C1CCC(=O)NC1=O)C2=O. The van der Waals surface area contributed by atoms with Gasteiger partial charge in [0.15, 0.2) is 0 Å². The third-order valence-corrected chi connectivity index (χ3v) is 9.05. The fourth-order valence-electron chi connectivity index (χ4n) is 7.01. The van der Waals surface area contributed by atoms with Crippen LogP contribution in [0.3, 0.4) is 0 Å². The van der Waals surface area contributed by atoms with Crippen molar-refractivity contribution >= 4 is 30.0 Å². The Morgan fingerprint density at radius 3 is 2.79 bits per heavy atom. The lowest BCUT2D eigenvalue weighted by Crippen LogP contribution is -2.53. The van der Waals surface area contributed by atoms with Crippen molar-refractivity contribution in [2.75, 3.05) is 0 Å². The Labute approximate surface area is 226 Å². The Morgan fingerprint density at radius 1 is 1.23 bits per heavy atom. The van der Waals surface area contributed by atoms with Crippen molar-refractivity contribution in [1.29, 1.82) is 0 Å². The molecule has 4 unspecified atom stereocenters. The molecule has 1 saturated carbocycles. The van der Waals surface area contributed by atoms with Gasteiger partial charge in [0.25, 0.3) is 5.91 Å². The Kier molecular flexibility index (Phi) is 6.65. The van der Waals surface area contributed by atoms with E-state index in [1.54, 1.807) is 13.0 Å². The van der Waals surface area contributed by atoms with Gasteiger partial charge in [-0.25, -0.2) is 9.18 Å². The number of carbonyl (C=O) groups is 4. The minimum Gasteiger partial charge on any atom is -0.446 e. The molecule has 4 atom stereocenters. The zero-order valence-electron chi connectivity index (χ0n) is 22.2. The molecule has 4 heterocycles. The second-order valence-electron chi connectivity index (χ2n) is 11.5. The first-order valence-corrected chi connectivity index (χ1v) is 13.9. The van der Waals surface area contributed by atoms with Crippen LogP contribution in [-0.2, 0) is 27.4 Å². The molecule has 2 saturated heterocycles. The maximum Gasteiger partial charge on any atom is 0.407 e. The molecule has 1 aromatic rings. The number of imide groups is 1. The number of fused-ring (bicyclic) bond motifs is 2. The molecule has 2 N–H and O–H groups in total. The number of benzene rings is 1. The standard InChI is InChI=1S/C28H34FN5O5/c1-14-8-17(24(29)23-20(14)13-33(27(23)37)21-5-6-22(35)32-26(21)36)12-31-28(38)39-19-10-18(11-19)34-15(2)9-16-4-3-7-30-25(16)34/h7-8,15-16,18-19,21,25H,3-6,9-13H2,1-2H3,(H,31,38)(H,32,35,36). The summed E-state index contributed by atoms with van der Waals surface area (Å²) in [4.78, 5) is 58.0. The van der Waals surface area contributed by atoms with E-state index in [1.165, 1.54) is 11.3 Å². The molecular formula is C28H34FN5O5. The number of ether oxygens (including phenoxy) is 1. The molecule has 4 amide bonds. The molecule has 1 aliphatic carbocycles. The number of aryl methyl sites for hydroxylation is 1. The number of rotatable bonds is 5. The number of nitrogens with zero attached hydrogens (tertiary/aromatic N) is 3. The lowest BCUT2D eigenvalue weighted by molar-refractivity contribution is -0.136. The second-order valence-corrected chi connectivity index (χ2v) is 11.5. The van der Waals surface area contributed by atoms with Crippen molar-refractivity contribution < 1.29 is 28.3 Å². The van der Waals surface area contributed by atoms with Gasteiger partial charge in [-0.3, -0.25) is 29.6 Å². The van der Waals surface area contributed by atoms with Gasteiger partial charge in [0.05, 0.1) is 5.56 Å². The summed E-state index contributed by atoms with van der Waals surface area (Å²) >= 11 is 0. The molecule has 4 aliphatic heterocycles. The van der Waals surface area contributed by atoms with Gasteiger partial charge >= 0.3 is 6.09 Å². The molecule has 6 rings (SSSR count). The first kappa shape index (κ1) is 25.9. The summed E-state index contributed by atoms with van der Waals surface area (Å²) < 4.78 is 21.1. The molecule has 0 radical (unpaired) electrons. The van der Waals surface area contributed by atoms with Crippen LogP contribution in [-0.4, -0.2) is 70.2 Å². The van der Waals surface area contributed by atoms with E-state index in [9.17, 15) is 19.2 Å². The largest absolute Gasteiger partial charge is 0.446 e. The molecule has 5 aliphatic rings. The number of hydrogen-bond donors (Lipinski definition) is 2. The average molecular weight is 540 g/mol. The summed E-state index contributed by atoms with van der Waals surface area (Å²) in [5, 5.41) is 4.88. The number of amides is 4. The highest BCUT2D eigenvalue weighted by atomic mass is 19.1. The van der Waals surface area contributed by atoms with Crippen LogP contribution in [0.5, 0.6) is 0 Å². The molecule has 39 heavy (non-hydrogen) atoms. The molecule has 0 aromatic heterocycles. The smallest absolute Gasteiger partial charge is 0.407 e. The highest BCUT2D eigenvalue weighted by molar-refractivity contribution is 6.05. The fourth-order valence-corrected chi connectivity index (χ4v) is 7.01. The molecular weight excluding hydrogens is 505 g/mol. The van der Waals surface area contributed by atoms with Crippen LogP contribution in [0.15, 0.2) is 11.1 Å². The maximum absolute atomic E-state index is 15.5. The number of nitrogens with one attached hydrogen (secondary N) is 2. The van der Waals surface area contributed by atoms with E-state index >= 15 is 4.39 Å². The summed E-state index contributed by atoms with van der Waals surface area (Å²) in [5.74, 6) is -1.59. The minimum atomic E-state index is -0.816. The van der Waals surface area contributed by atoms with Crippen molar-refractivity contribution in [3.63, 3.8) is 0 Å². The molecule has 208 valence electrons. The highest BCUT2D eigenvalue weighted by Crippen LogP contribution is 2.42. The number of carbonyl (C=O) groups excluding carboxylic acids is 4. The van der Waals surface area contributed by atoms with E-state index in [2.05, 4.69) is 22.5 Å². The molecule has 0 bridgehead atoms. The Bertz CT molecular complexity index is 1260. The zero-order chi connectivity index (χ0) is 27.4. The van der Waals surface area contributed by atoms with E-state index in [1.807, 2.05) is 6.21 Å². The number of hydrogen-bond acceptors (Lipinski definition) is 7. The van der Waals surface area contributed by atoms with Gasteiger partial charge < -0.3 is 15.0 Å². The van der Waals surface area contributed by atoms with Gasteiger partial charge in [-0.05, 0) is 56.6 Å². The van der Waals surface area contributed by atoms with Crippen molar-refractivity contribution in [1.82, 2.24) is 20.4 Å². The summed E-state index contributed by atoms with van der Waals surface area (Å²) in [6.07, 6.45) is 6.71. The van der Waals surface area contributed by atoms with Crippen LogP contribution < -0.4 is 10.6 Å². The number of likely N-dealkylation sites (tertiary alicyclic amines) is 1. The van der Waals surface area contributed by atoms with Gasteiger partial charge in [-0.15, -0.1) is 0 Å². The Morgan fingerprint density at radius 2 is 2.03 bits per heavy atom. The van der Waals surface area contributed by atoms with Crippen molar-refractivity contribution in [2.45, 2.75) is 102 Å². The summed E-state index contributed by atoms with van der Waals surface area (Å²) in [6, 6.07) is 1.61. The van der Waals surface area contributed by atoms with E-state index in [-0.39, 0.29) is 55.2 Å². The van der Waals surface area contributed by atoms with Crippen molar-refractivity contribution in [3.8, 4) is 0 Å². The third kappa shape index (κ3) is 4.60. The monoisotopic (exact) mass is 539 g/mol. The molecule has 0 spiro atoms. The van der Waals surface area contributed by atoms with Crippen LogP contribution in [0, 0.1) is 18.7 Å². The molecule has 11 heteroatoms. The van der Waals surface area contributed by atoms with Gasteiger partial charge in [0.1, 0.15) is 24.1 Å². The predicted molar refractivity (Wildman–Crippen MR) is 138 cm³/mol. The van der Waals surface area contributed by atoms with Crippen LogP contribution in [0.1, 0.15) is 78.9 Å². The first-order chi connectivity index (χ1) is 18.7. The van der Waals surface area contributed by atoms with Crippen LogP contribution in [0.2, 0.25) is 0 Å². The first-order valence-electron chi connectivity index (χ1n) is 13.9. The maximum atomic E-state index is 15.5. The normalized spacial score (nSPS) is 32.0. The van der Waals surface area contributed by atoms with Gasteiger partial charge in [0, 0.05) is 56.2 Å². The molecule has 3 fully saturated rings. The third-order valence-electron chi connectivity index (χ3n) is 9.05. The Balaban J connectivity index is 1.04. The van der Waals surface area contributed by atoms with Crippen LogP contribution >= 0.6 is 0 Å². The number of alkyl carbamates (subject to hydrolysis) is 1. The quantitative estimate of drug-likeness (QED) is 0.555. The van der Waals surface area contributed by atoms with Crippen LogP contribution in [0.25, 0.3) is 0 Å². The summed E-state index contributed by atoms with van der Waals surface area (Å²) in [7, 11) is 0. The second kappa shape index (κ2) is 10.0. The van der Waals surface area contributed by atoms with Gasteiger partial charge in [-0.1, -0.05) is 6.07 Å². The minimum absolute atomic E-state index is 0.0740. The van der Waals surface area contributed by atoms with Crippen LogP contribution in [0.4, 0.5) is 9.18 Å². The Hall–Kier alpha value is -3.34. The zero-order valence-corrected chi connectivity index (χ0v) is 22.2. The van der Waals surface area contributed by atoms with Gasteiger partial charge in [-0.2, -0.15) is 0 Å². The highest BCUT2D eigenvalue weighted by Gasteiger charge is 2.48. The average Bonchev–Trinajstić information content (AvgIpc) is 3.39. The molecule has 10 nitrogen and oxygen atoms in total. The van der Waals surface area contributed by atoms with E-state index < -0.39 is 29.8 Å². The topological polar surface area (TPSA) is 120 Å². The van der Waals surface area contributed by atoms with Crippen molar-refractivity contribution in [3.05, 3.63) is 34.1 Å². The summed E-state index contributed by atoms with van der Waals surface area (Å²) in [6.45, 7) is 4.00. The summed E-state index contributed by atoms with van der Waals surface area (Å²) in [5.41, 5.74) is 1.33. The number of halogens is 1. The molecule has 1 aromatic carbocycles. The predicted octanol–water partition coefficient (Wildman–Crippen LogP) is 2.55. The van der Waals surface area contributed by atoms with Crippen molar-refractivity contribution in [2.24, 2.45) is 10.9 Å². The van der Waals surface area contributed by atoms with E-state index in [4.69, 9.17) is 9.73 Å². The fraction of sp³-hybridized carbons (Fsp3) is 0.607. The van der Waals surface area contributed by atoms with Gasteiger partial charge in [0.2, 0.25) is 11.8 Å². The number of piperidine rings is 1. The van der Waals surface area contributed by atoms with E-state index in [0.717, 1.165) is 25.7 Å². The van der Waals surface area contributed by atoms with E-state index in [0.29, 0.717) is 29.1 Å². The lowest BCUT2D eigenvalue weighted by Gasteiger charge is -2.44. The number of aliphatic imine (C=N–C) groups is 1. The lowest BCUT2D eigenvalue weighted by atomic mass is 9.87.